The summed E-state index contributed by atoms with van der Waals surface area (Å²) in [6.45, 7) is 6.70. The first kappa shape index (κ1) is 21.8. The summed E-state index contributed by atoms with van der Waals surface area (Å²) in [5.74, 6) is -3.23. The first-order valence-corrected chi connectivity index (χ1v) is 9.34. The minimum Gasteiger partial charge on any atom is -0.480 e. The highest BCUT2D eigenvalue weighted by atomic mass is 16.4. The predicted octanol–water partition coefficient (Wildman–Crippen LogP) is 1.92. The quantitative estimate of drug-likeness (QED) is 0.649. The summed E-state index contributed by atoms with van der Waals surface area (Å²) in [6, 6.07) is 3.03. The second-order valence-corrected chi connectivity index (χ2v) is 8.51. The minimum atomic E-state index is -1.46. The normalized spacial score (nSPS) is 25.6. The summed E-state index contributed by atoms with van der Waals surface area (Å²) < 4.78 is 0. The third kappa shape index (κ3) is 4.01. The van der Waals surface area contributed by atoms with Crippen LogP contribution in [-0.2, 0) is 14.4 Å². The summed E-state index contributed by atoms with van der Waals surface area (Å²) in [5.41, 5.74) is -1.95. The van der Waals surface area contributed by atoms with E-state index in [1.807, 2.05) is 19.9 Å². The smallest absolute Gasteiger partial charge is 0.328 e. The fourth-order valence-corrected chi connectivity index (χ4v) is 4.08. The maximum Gasteiger partial charge on any atom is 0.328 e. The van der Waals surface area contributed by atoms with Gasteiger partial charge in [-0.15, -0.1) is 0 Å². The van der Waals surface area contributed by atoms with Crippen LogP contribution in [0.25, 0.3) is 0 Å². The number of likely N-dealkylation sites (tertiary alicyclic amines) is 1. The van der Waals surface area contributed by atoms with Crippen LogP contribution in [0, 0.1) is 11.8 Å². The Bertz CT molecular complexity index is 749. The topological polar surface area (TPSA) is 120 Å². The van der Waals surface area contributed by atoms with Crippen molar-refractivity contribution in [2.75, 3.05) is 7.05 Å². The van der Waals surface area contributed by atoms with Crippen LogP contribution in [-0.4, -0.2) is 56.1 Å². The molecule has 28 heavy (non-hydrogen) atoms. The minimum absolute atomic E-state index is 0.0953. The van der Waals surface area contributed by atoms with Gasteiger partial charge in [0.05, 0.1) is 5.92 Å². The van der Waals surface area contributed by atoms with Gasteiger partial charge in [-0.25, -0.2) is 4.79 Å². The summed E-state index contributed by atoms with van der Waals surface area (Å²) in [7, 11) is 1.71. The van der Waals surface area contributed by atoms with Crippen LogP contribution in [0.3, 0.4) is 0 Å². The Balaban J connectivity index is 2.50. The Morgan fingerprint density at radius 1 is 1.36 bits per heavy atom. The molecule has 2 rings (SSSR count). The highest BCUT2D eigenvalue weighted by Crippen LogP contribution is 2.48. The highest BCUT2D eigenvalue weighted by molar-refractivity contribution is 5.89. The van der Waals surface area contributed by atoms with Gasteiger partial charge in [-0.3, -0.25) is 19.5 Å². The van der Waals surface area contributed by atoms with E-state index in [-0.39, 0.29) is 12.3 Å². The number of hydrogen-bond acceptors (Lipinski definition) is 5. The zero-order valence-corrected chi connectivity index (χ0v) is 17.0. The molecule has 1 aromatic rings. The molecule has 0 radical (unpaired) electrons. The van der Waals surface area contributed by atoms with Gasteiger partial charge in [0.1, 0.15) is 11.1 Å². The third-order valence-corrected chi connectivity index (χ3v) is 5.51. The monoisotopic (exact) mass is 391 g/mol. The zero-order chi connectivity index (χ0) is 21.3. The predicted molar refractivity (Wildman–Crippen MR) is 103 cm³/mol. The van der Waals surface area contributed by atoms with E-state index in [2.05, 4.69) is 10.3 Å². The van der Waals surface area contributed by atoms with Crippen molar-refractivity contribution in [3.8, 4) is 0 Å². The maximum atomic E-state index is 13.1. The van der Waals surface area contributed by atoms with Crippen molar-refractivity contribution >= 4 is 17.8 Å². The Hall–Kier alpha value is -2.48. The molecule has 2 heterocycles. The number of aromatic nitrogens is 1. The fraction of sp³-hybridized carbons (Fsp3) is 0.600. The number of nitrogens with zero attached hydrogens (tertiary/aromatic N) is 2. The standard InChI is InChI=1S/C20H29N3O5/c1-12(2)9-20(18(27)28)10-14(16(24)22-19(3,4)17(25)26)15(23(20)5)13-7-6-8-21-11-13/h6-8,11-12,14-15H,9-10H2,1-5H3,(H,22,24)(H,25,26)(H,27,28)/t14-,15-,20-/m0/s1. The number of carbonyl (C=O) groups excluding carboxylic acids is 1. The van der Waals surface area contributed by atoms with Gasteiger partial charge < -0.3 is 15.5 Å². The second-order valence-electron chi connectivity index (χ2n) is 8.51. The molecule has 1 aromatic heterocycles. The first-order chi connectivity index (χ1) is 12.9. The first-order valence-electron chi connectivity index (χ1n) is 9.34. The maximum absolute atomic E-state index is 13.1. The number of hydrogen-bond donors (Lipinski definition) is 3. The lowest BCUT2D eigenvalue weighted by Crippen LogP contribution is -2.52. The Labute approximate surface area is 165 Å². The van der Waals surface area contributed by atoms with Crippen molar-refractivity contribution in [3.05, 3.63) is 30.1 Å². The number of carboxylic acids is 2. The molecule has 8 nitrogen and oxygen atoms in total. The van der Waals surface area contributed by atoms with E-state index < -0.39 is 40.9 Å². The van der Waals surface area contributed by atoms with Gasteiger partial charge in [-0.05, 0) is 51.3 Å². The lowest BCUT2D eigenvalue weighted by molar-refractivity contribution is -0.151. The second kappa shape index (κ2) is 7.87. The van der Waals surface area contributed by atoms with Gasteiger partial charge in [-0.2, -0.15) is 0 Å². The molecule has 0 spiro atoms. The molecule has 0 aliphatic carbocycles. The molecule has 1 aliphatic heterocycles. The van der Waals surface area contributed by atoms with Crippen molar-refractivity contribution in [1.82, 2.24) is 15.2 Å². The van der Waals surface area contributed by atoms with Gasteiger partial charge in [0.15, 0.2) is 0 Å². The van der Waals surface area contributed by atoms with Crippen LogP contribution in [0.1, 0.15) is 52.1 Å². The molecule has 0 saturated carbocycles. The van der Waals surface area contributed by atoms with E-state index in [0.717, 1.165) is 5.56 Å². The van der Waals surface area contributed by atoms with Crippen molar-refractivity contribution in [3.63, 3.8) is 0 Å². The van der Waals surface area contributed by atoms with Gasteiger partial charge in [0.25, 0.3) is 0 Å². The number of aliphatic carboxylic acids is 2. The molecule has 1 aliphatic rings. The van der Waals surface area contributed by atoms with Crippen LogP contribution in [0.15, 0.2) is 24.5 Å². The number of nitrogens with one attached hydrogen (secondary N) is 1. The molecule has 0 bridgehead atoms. The Morgan fingerprint density at radius 3 is 2.46 bits per heavy atom. The lowest BCUT2D eigenvalue weighted by atomic mass is 9.83. The van der Waals surface area contributed by atoms with E-state index >= 15 is 0 Å². The van der Waals surface area contributed by atoms with Gasteiger partial charge in [0, 0.05) is 18.4 Å². The highest BCUT2D eigenvalue weighted by Gasteiger charge is 2.57. The number of carbonyl (C=O) groups is 3. The van der Waals surface area contributed by atoms with Crippen molar-refractivity contribution in [1.29, 1.82) is 0 Å². The Morgan fingerprint density at radius 2 is 2.00 bits per heavy atom. The SMILES string of the molecule is CC(C)C[C@@]1(C(=O)O)C[C@H](C(=O)NC(C)(C)C(=O)O)[C@H](c2cccnc2)N1C. The summed E-state index contributed by atoms with van der Waals surface area (Å²) in [6.07, 6.45) is 3.70. The van der Waals surface area contributed by atoms with E-state index in [1.54, 1.807) is 30.4 Å². The summed E-state index contributed by atoms with van der Waals surface area (Å²) >= 11 is 0. The molecular formula is C20H29N3O5. The number of carboxylic acid groups (broad SMARTS) is 2. The molecule has 3 N–H and O–H groups in total. The molecule has 154 valence electrons. The molecule has 0 aromatic carbocycles. The molecule has 1 fully saturated rings. The van der Waals surface area contributed by atoms with Crippen molar-refractivity contribution in [2.45, 2.75) is 57.7 Å². The molecule has 0 unspecified atom stereocenters. The lowest BCUT2D eigenvalue weighted by Gasteiger charge is -2.36. The van der Waals surface area contributed by atoms with Crippen LogP contribution in [0.5, 0.6) is 0 Å². The van der Waals surface area contributed by atoms with Gasteiger partial charge in [0.2, 0.25) is 5.91 Å². The molecular weight excluding hydrogens is 362 g/mol. The number of pyridine rings is 1. The number of rotatable bonds is 7. The molecule has 1 saturated heterocycles. The number of amides is 1. The average Bonchev–Trinajstić information content (AvgIpc) is 2.88. The Kier molecular flexibility index (Phi) is 6.13. The van der Waals surface area contributed by atoms with E-state index in [0.29, 0.717) is 6.42 Å². The summed E-state index contributed by atoms with van der Waals surface area (Å²) in [4.78, 5) is 42.7. The third-order valence-electron chi connectivity index (χ3n) is 5.51. The van der Waals surface area contributed by atoms with Crippen LogP contribution in [0.2, 0.25) is 0 Å². The number of likely N-dealkylation sites (N-methyl/N-ethyl adjacent to an activating group) is 1. The van der Waals surface area contributed by atoms with Gasteiger partial charge >= 0.3 is 11.9 Å². The zero-order valence-electron chi connectivity index (χ0n) is 17.0. The largest absolute Gasteiger partial charge is 0.480 e. The molecule has 1 amide bonds. The van der Waals surface area contributed by atoms with Crippen LogP contribution in [0.4, 0.5) is 0 Å². The van der Waals surface area contributed by atoms with Gasteiger partial charge in [-0.1, -0.05) is 19.9 Å². The van der Waals surface area contributed by atoms with Crippen LogP contribution < -0.4 is 5.32 Å². The summed E-state index contributed by atoms with van der Waals surface area (Å²) in [5, 5.41) is 22.0. The molecule has 3 atom stereocenters. The fourth-order valence-electron chi connectivity index (χ4n) is 4.08. The molecule has 8 heteroatoms. The van der Waals surface area contributed by atoms with E-state index in [1.165, 1.54) is 13.8 Å². The van der Waals surface area contributed by atoms with E-state index in [4.69, 9.17) is 0 Å². The van der Waals surface area contributed by atoms with Crippen LogP contribution >= 0.6 is 0 Å². The van der Waals surface area contributed by atoms with Crippen molar-refractivity contribution < 1.29 is 24.6 Å². The van der Waals surface area contributed by atoms with Crippen molar-refractivity contribution in [2.24, 2.45) is 11.8 Å². The van der Waals surface area contributed by atoms with E-state index in [9.17, 15) is 24.6 Å². The average molecular weight is 391 g/mol.